The van der Waals surface area contributed by atoms with Crippen molar-refractivity contribution in [1.29, 1.82) is 0 Å². The van der Waals surface area contributed by atoms with Crippen LogP contribution in [0.25, 0.3) is 0 Å². The molecule has 0 aliphatic carbocycles. The average Bonchev–Trinajstić information content (AvgIpc) is 2.30. The quantitative estimate of drug-likeness (QED) is 0.795. The van der Waals surface area contributed by atoms with Gasteiger partial charge in [-0.15, -0.1) is 0 Å². The number of amides is 2. The van der Waals surface area contributed by atoms with Gasteiger partial charge in [-0.2, -0.15) is 0 Å². The second kappa shape index (κ2) is 5.94. The van der Waals surface area contributed by atoms with Crippen LogP contribution in [0.1, 0.15) is 31.9 Å². The molecule has 0 bridgehead atoms. The van der Waals surface area contributed by atoms with E-state index >= 15 is 0 Å². The smallest absolute Gasteiger partial charge is 0.326 e. The molecule has 3 N–H and O–H groups in total. The van der Waals surface area contributed by atoms with Crippen LogP contribution in [0.4, 0.5) is 10.5 Å². The Balaban J connectivity index is 2.82. The third kappa shape index (κ3) is 3.98. The molecule has 0 radical (unpaired) electrons. The summed E-state index contributed by atoms with van der Waals surface area (Å²) in [6.45, 7) is 9.16. The number of carbonyl (C=O) groups excluding carboxylic acids is 1. The van der Waals surface area contributed by atoms with Gasteiger partial charge in [0.2, 0.25) is 0 Å². The van der Waals surface area contributed by atoms with E-state index in [1.54, 1.807) is 26.8 Å². The lowest BCUT2D eigenvalue weighted by Crippen LogP contribution is -2.50. The Kier molecular flexibility index (Phi) is 4.76. The number of aryl methyl sites for hydroxylation is 1. The number of urea groups is 1. The van der Waals surface area contributed by atoms with E-state index in [1.807, 2.05) is 26.0 Å². The van der Waals surface area contributed by atoms with Crippen molar-refractivity contribution in [2.75, 3.05) is 5.32 Å². The summed E-state index contributed by atoms with van der Waals surface area (Å²) in [5.74, 6) is -1.05. The zero-order valence-electron chi connectivity index (χ0n) is 12.6. The summed E-state index contributed by atoms with van der Waals surface area (Å²) in [4.78, 5) is 23.2. The molecule has 0 aliphatic rings. The maximum absolute atomic E-state index is 12.0. The van der Waals surface area contributed by atoms with Crippen molar-refractivity contribution in [3.63, 3.8) is 0 Å². The molecular formula is C15H22N2O3. The minimum Gasteiger partial charge on any atom is -0.480 e. The number of hydrogen-bond donors (Lipinski definition) is 3. The summed E-state index contributed by atoms with van der Waals surface area (Å²) < 4.78 is 0. The molecule has 20 heavy (non-hydrogen) atoms. The molecule has 0 saturated heterocycles. The first-order valence-electron chi connectivity index (χ1n) is 6.49. The largest absolute Gasteiger partial charge is 0.480 e. The van der Waals surface area contributed by atoms with Crippen LogP contribution in [-0.2, 0) is 4.79 Å². The molecule has 1 atom stereocenters. The zero-order chi connectivity index (χ0) is 15.5. The number of nitrogens with one attached hydrogen (secondary N) is 2. The van der Waals surface area contributed by atoms with E-state index in [-0.39, 0.29) is 0 Å². The van der Waals surface area contributed by atoms with Gasteiger partial charge in [-0.05, 0) is 36.5 Å². The molecule has 2 amide bonds. The number of hydrogen-bond acceptors (Lipinski definition) is 2. The predicted octanol–water partition coefficient (Wildman–Crippen LogP) is 2.92. The van der Waals surface area contributed by atoms with Crippen LogP contribution in [0.3, 0.4) is 0 Å². The first kappa shape index (κ1) is 16.0. The van der Waals surface area contributed by atoms with E-state index in [1.165, 1.54) is 0 Å². The Labute approximate surface area is 119 Å². The number of carbonyl (C=O) groups is 2. The highest BCUT2D eigenvalue weighted by Gasteiger charge is 2.32. The molecule has 0 aliphatic heterocycles. The van der Waals surface area contributed by atoms with E-state index in [2.05, 4.69) is 10.6 Å². The summed E-state index contributed by atoms with van der Waals surface area (Å²) in [7, 11) is 0. The Hall–Kier alpha value is -2.04. The summed E-state index contributed by atoms with van der Waals surface area (Å²) in [5, 5.41) is 14.4. The Morgan fingerprint density at radius 3 is 2.30 bits per heavy atom. The van der Waals surface area contributed by atoms with Gasteiger partial charge in [-0.3, -0.25) is 0 Å². The van der Waals surface area contributed by atoms with Crippen molar-refractivity contribution >= 4 is 17.7 Å². The lowest BCUT2D eigenvalue weighted by atomic mass is 9.87. The fraction of sp³-hybridized carbons (Fsp3) is 0.467. The number of anilines is 1. The van der Waals surface area contributed by atoms with Crippen molar-refractivity contribution in [3.05, 3.63) is 29.3 Å². The molecule has 5 heteroatoms. The molecule has 110 valence electrons. The SMILES string of the molecule is Cc1cccc(NC(=O)N[C@H](C(=O)O)C(C)(C)C)c1C. The van der Waals surface area contributed by atoms with E-state index in [0.29, 0.717) is 5.69 Å². The lowest BCUT2D eigenvalue weighted by Gasteiger charge is -2.27. The molecule has 1 rings (SSSR count). The van der Waals surface area contributed by atoms with Gasteiger partial charge in [-0.25, -0.2) is 9.59 Å². The highest BCUT2D eigenvalue weighted by atomic mass is 16.4. The first-order valence-corrected chi connectivity index (χ1v) is 6.49. The fourth-order valence-electron chi connectivity index (χ4n) is 1.82. The van der Waals surface area contributed by atoms with Gasteiger partial charge in [0.05, 0.1) is 0 Å². The molecule has 0 saturated carbocycles. The van der Waals surface area contributed by atoms with Gasteiger partial charge in [0.15, 0.2) is 0 Å². The highest BCUT2D eigenvalue weighted by molar-refractivity contribution is 5.93. The van der Waals surface area contributed by atoms with Gasteiger partial charge in [-0.1, -0.05) is 32.9 Å². The first-order chi connectivity index (χ1) is 9.12. The summed E-state index contributed by atoms with van der Waals surface area (Å²) in [5.41, 5.74) is 2.14. The number of benzene rings is 1. The van der Waals surface area contributed by atoms with E-state index in [4.69, 9.17) is 0 Å². The number of aliphatic carboxylic acids is 1. The van der Waals surface area contributed by atoms with Gasteiger partial charge >= 0.3 is 12.0 Å². The van der Waals surface area contributed by atoms with E-state index in [0.717, 1.165) is 11.1 Å². The second-order valence-electron chi connectivity index (χ2n) is 5.98. The molecule has 0 aromatic heterocycles. The molecule has 1 aromatic rings. The Bertz CT molecular complexity index is 518. The van der Waals surface area contributed by atoms with E-state index in [9.17, 15) is 14.7 Å². The van der Waals surface area contributed by atoms with Crippen LogP contribution in [-0.4, -0.2) is 23.1 Å². The van der Waals surface area contributed by atoms with Gasteiger partial charge in [0.25, 0.3) is 0 Å². The third-order valence-electron chi connectivity index (χ3n) is 3.24. The Morgan fingerprint density at radius 2 is 1.80 bits per heavy atom. The Morgan fingerprint density at radius 1 is 1.20 bits per heavy atom. The summed E-state index contributed by atoms with van der Waals surface area (Å²) in [6.07, 6.45) is 0. The average molecular weight is 278 g/mol. The summed E-state index contributed by atoms with van der Waals surface area (Å²) >= 11 is 0. The maximum Gasteiger partial charge on any atom is 0.326 e. The van der Waals surface area contributed by atoms with Crippen molar-refractivity contribution in [2.45, 2.75) is 40.7 Å². The lowest BCUT2D eigenvalue weighted by molar-refractivity contribution is -0.141. The van der Waals surface area contributed by atoms with Gasteiger partial charge < -0.3 is 15.7 Å². The van der Waals surface area contributed by atoms with Crippen LogP contribution in [0.2, 0.25) is 0 Å². The topological polar surface area (TPSA) is 78.4 Å². The normalized spacial score (nSPS) is 12.7. The molecule has 5 nitrogen and oxygen atoms in total. The molecule has 0 fully saturated rings. The van der Waals surface area contributed by atoms with E-state index < -0.39 is 23.5 Å². The van der Waals surface area contributed by atoms with Crippen LogP contribution in [0, 0.1) is 19.3 Å². The highest BCUT2D eigenvalue weighted by Crippen LogP contribution is 2.21. The van der Waals surface area contributed by atoms with Crippen LogP contribution < -0.4 is 10.6 Å². The molecule has 0 spiro atoms. The van der Waals surface area contributed by atoms with Crippen LogP contribution in [0.5, 0.6) is 0 Å². The molecule has 1 aromatic carbocycles. The monoisotopic (exact) mass is 278 g/mol. The van der Waals surface area contributed by atoms with Crippen molar-refractivity contribution in [3.8, 4) is 0 Å². The predicted molar refractivity (Wildman–Crippen MR) is 78.9 cm³/mol. The molecular weight excluding hydrogens is 256 g/mol. The van der Waals surface area contributed by atoms with Crippen molar-refractivity contribution in [1.82, 2.24) is 5.32 Å². The number of carboxylic acids is 1. The third-order valence-corrected chi connectivity index (χ3v) is 3.24. The fourth-order valence-corrected chi connectivity index (χ4v) is 1.82. The van der Waals surface area contributed by atoms with Crippen LogP contribution in [0.15, 0.2) is 18.2 Å². The minimum atomic E-state index is -1.05. The van der Waals surface area contributed by atoms with Gasteiger partial charge in [0.1, 0.15) is 6.04 Å². The molecule has 0 unspecified atom stereocenters. The minimum absolute atomic E-state index is 0.513. The van der Waals surface area contributed by atoms with Gasteiger partial charge in [0, 0.05) is 5.69 Å². The summed E-state index contributed by atoms with van der Waals surface area (Å²) in [6, 6.07) is 4.12. The standard InChI is InChI=1S/C15H22N2O3/c1-9-7-6-8-11(10(9)2)16-14(20)17-12(13(18)19)15(3,4)5/h6-8,12H,1-5H3,(H,18,19)(H2,16,17,20)/t12-/m1/s1. The van der Waals surface area contributed by atoms with Crippen molar-refractivity contribution < 1.29 is 14.7 Å². The van der Waals surface area contributed by atoms with Crippen LogP contribution >= 0.6 is 0 Å². The number of carboxylic acid groups (broad SMARTS) is 1. The molecule has 0 heterocycles. The van der Waals surface area contributed by atoms with Crippen molar-refractivity contribution in [2.24, 2.45) is 5.41 Å². The number of rotatable bonds is 3. The zero-order valence-corrected chi connectivity index (χ0v) is 12.6. The maximum atomic E-state index is 12.0. The second-order valence-corrected chi connectivity index (χ2v) is 5.98.